The van der Waals surface area contributed by atoms with E-state index in [2.05, 4.69) is 15.5 Å². The van der Waals surface area contributed by atoms with Crippen LogP contribution in [0.2, 0.25) is 0 Å². The number of hydrazone groups is 1. The van der Waals surface area contributed by atoms with E-state index in [1.165, 1.54) is 0 Å². The van der Waals surface area contributed by atoms with Crippen LogP contribution in [0.4, 0.5) is 0 Å². The Kier molecular flexibility index (Phi) is 3.70. The third kappa shape index (κ3) is 2.74. The van der Waals surface area contributed by atoms with Crippen LogP contribution < -0.4 is 5.43 Å². The molecule has 0 bridgehead atoms. The first-order valence-electron chi connectivity index (χ1n) is 6.96. The second-order valence-electron chi connectivity index (χ2n) is 5.08. The molecule has 1 N–H and O–H groups in total. The SMILES string of the molecule is Cc1ccc(C(=O)NN=Cc2nc3ccccc3n2C)cc1. The van der Waals surface area contributed by atoms with Crippen LogP contribution in [-0.2, 0) is 7.05 Å². The summed E-state index contributed by atoms with van der Waals surface area (Å²) in [5.74, 6) is 0.445. The molecule has 0 aliphatic rings. The minimum Gasteiger partial charge on any atom is -0.326 e. The van der Waals surface area contributed by atoms with Gasteiger partial charge in [-0.15, -0.1) is 0 Å². The smallest absolute Gasteiger partial charge is 0.271 e. The van der Waals surface area contributed by atoms with E-state index < -0.39 is 0 Å². The molecule has 0 saturated carbocycles. The Morgan fingerprint density at radius 3 is 2.64 bits per heavy atom. The zero-order valence-corrected chi connectivity index (χ0v) is 12.4. The Bertz CT molecular complexity index is 847. The highest BCUT2D eigenvalue weighted by atomic mass is 16.2. The molecule has 1 heterocycles. The minimum atomic E-state index is -0.241. The average Bonchev–Trinajstić information content (AvgIpc) is 2.85. The van der Waals surface area contributed by atoms with E-state index in [9.17, 15) is 4.79 Å². The lowest BCUT2D eigenvalue weighted by Gasteiger charge is -2.00. The molecule has 0 fully saturated rings. The molecule has 5 heteroatoms. The summed E-state index contributed by atoms with van der Waals surface area (Å²) in [4.78, 5) is 16.4. The maximum absolute atomic E-state index is 12.0. The van der Waals surface area contributed by atoms with E-state index >= 15 is 0 Å². The van der Waals surface area contributed by atoms with Gasteiger partial charge in [0.2, 0.25) is 0 Å². The van der Waals surface area contributed by atoms with Gasteiger partial charge in [-0.05, 0) is 31.2 Å². The van der Waals surface area contributed by atoms with Crippen molar-refractivity contribution in [1.82, 2.24) is 15.0 Å². The number of nitrogens with zero attached hydrogens (tertiary/aromatic N) is 3. The van der Waals surface area contributed by atoms with E-state index in [-0.39, 0.29) is 5.91 Å². The Balaban J connectivity index is 1.74. The number of fused-ring (bicyclic) bond motifs is 1. The normalized spacial score (nSPS) is 11.2. The van der Waals surface area contributed by atoms with Gasteiger partial charge in [0.25, 0.3) is 5.91 Å². The summed E-state index contributed by atoms with van der Waals surface area (Å²) in [5, 5.41) is 3.99. The van der Waals surface area contributed by atoms with Crippen LogP contribution in [0.25, 0.3) is 11.0 Å². The van der Waals surface area contributed by atoms with E-state index in [4.69, 9.17) is 0 Å². The van der Waals surface area contributed by atoms with Crippen LogP contribution in [0.5, 0.6) is 0 Å². The molecule has 3 aromatic rings. The quantitative estimate of drug-likeness (QED) is 0.596. The lowest BCUT2D eigenvalue weighted by molar-refractivity contribution is 0.0955. The lowest BCUT2D eigenvalue weighted by atomic mass is 10.1. The number of para-hydroxylation sites is 2. The molecule has 0 radical (unpaired) electrons. The number of hydrogen-bond donors (Lipinski definition) is 1. The molecule has 0 spiro atoms. The predicted molar refractivity (Wildman–Crippen MR) is 87.0 cm³/mol. The molecule has 1 amide bonds. The summed E-state index contributed by atoms with van der Waals surface area (Å²) in [7, 11) is 1.92. The van der Waals surface area contributed by atoms with Gasteiger partial charge in [-0.1, -0.05) is 29.8 Å². The highest BCUT2D eigenvalue weighted by Gasteiger charge is 2.05. The number of carbonyl (C=O) groups is 1. The Labute approximate surface area is 128 Å². The van der Waals surface area contributed by atoms with Gasteiger partial charge < -0.3 is 4.57 Å². The molecule has 0 aliphatic carbocycles. The van der Waals surface area contributed by atoms with E-state index in [0.29, 0.717) is 11.4 Å². The van der Waals surface area contributed by atoms with Gasteiger partial charge in [0.15, 0.2) is 5.82 Å². The van der Waals surface area contributed by atoms with Crippen LogP contribution in [0.15, 0.2) is 53.6 Å². The van der Waals surface area contributed by atoms with Crippen molar-refractivity contribution < 1.29 is 4.79 Å². The van der Waals surface area contributed by atoms with Crippen molar-refractivity contribution in [3.05, 3.63) is 65.5 Å². The molecule has 0 atom stereocenters. The summed E-state index contributed by atoms with van der Waals surface area (Å²) in [6.07, 6.45) is 1.55. The summed E-state index contributed by atoms with van der Waals surface area (Å²) in [6, 6.07) is 15.2. The predicted octanol–water partition coefficient (Wildman–Crippen LogP) is 2.65. The maximum atomic E-state index is 12.0. The van der Waals surface area contributed by atoms with Crippen molar-refractivity contribution in [3.63, 3.8) is 0 Å². The Morgan fingerprint density at radius 2 is 1.91 bits per heavy atom. The first kappa shape index (κ1) is 14.0. The standard InChI is InChI=1S/C17H16N4O/c1-12-7-9-13(10-8-12)17(22)20-18-11-16-19-14-5-3-4-6-15(14)21(16)2/h3-11H,1-2H3,(H,20,22). The first-order valence-corrected chi connectivity index (χ1v) is 6.96. The third-order valence-electron chi connectivity index (χ3n) is 3.48. The molecule has 0 unspecified atom stereocenters. The van der Waals surface area contributed by atoms with Crippen molar-refractivity contribution in [1.29, 1.82) is 0 Å². The fraction of sp³-hybridized carbons (Fsp3) is 0.118. The highest BCUT2D eigenvalue weighted by Crippen LogP contribution is 2.12. The zero-order valence-electron chi connectivity index (χ0n) is 12.4. The van der Waals surface area contributed by atoms with Crippen LogP contribution in [0.3, 0.4) is 0 Å². The van der Waals surface area contributed by atoms with Gasteiger partial charge in [-0.2, -0.15) is 5.10 Å². The molecule has 22 heavy (non-hydrogen) atoms. The van der Waals surface area contributed by atoms with Gasteiger partial charge in [0.05, 0.1) is 17.2 Å². The van der Waals surface area contributed by atoms with Crippen molar-refractivity contribution in [2.45, 2.75) is 6.92 Å². The van der Waals surface area contributed by atoms with Gasteiger partial charge >= 0.3 is 0 Å². The summed E-state index contributed by atoms with van der Waals surface area (Å²) >= 11 is 0. The summed E-state index contributed by atoms with van der Waals surface area (Å²) in [5.41, 5.74) is 6.12. The van der Waals surface area contributed by atoms with E-state index in [0.717, 1.165) is 16.6 Å². The van der Waals surface area contributed by atoms with Crippen molar-refractivity contribution >= 4 is 23.2 Å². The average molecular weight is 292 g/mol. The fourth-order valence-corrected chi connectivity index (χ4v) is 2.20. The number of benzene rings is 2. The Hall–Kier alpha value is -2.95. The van der Waals surface area contributed by atoms with Crippen molar-refractivity contribution in [2.75, 3.05) is 0 Å². The molecule has 0 aliphatic heterocycles. The zero-order chi connectivity index (χ0) is 15.5. The van der Waals surface area contributed by atoms with Crippen LogP contribution in [-0.4, -0.2) is 21.7 Å². The summed E-state index contributed by atoms with van der Waals surface area (Å²) in [6.45, 7) is 1.98. The molecule has 5 nitrogen and oxygen atoms in total. The minimum absolute atomic E-state index is 0.241. The van der Waals surface area contributed by atoms with Gasteiger partial charge in [-0.25, -0.2) is 10.4 Å². The fourth-order valence-electron chi connectivity index (χ4n) is 2.20. The second kappa shape index (κ2) is 5.81. The van der Waals surface area contributed by atoms with Gasteiger partial charge in [0, 0.05) is 12.6 Å². The number of aryl methyl sites for hydroxylation is 2. The van der Waals surface area contributed by atoms with Crippen molar-refractivity contribution in [3.8, 4) is 0 Å². The Morgan fingerprint density at radius 1 is 1.18 bits per heavy atom. The maximum Gasteiger partial charge on any atom is 0.271 e. The number of imidazole rings is 1. The second-order valence-corrected chi connectivity index (χ2v) is 5.08. The molecule has 3 rings (SSSR count). The van der Waals surface area contributed by atoms with E-state index in [1.807, 2.05) is 54.9 Å². The number of nitrogens with one attached hydrogen (secondary N) is 1. The molecular formula is C17H16N4O. The monoisotopic (exact) mass is 292 g/mol. The van der Waals surface area contributed by atoms with E-state index in [1.54, 1.807) is 18.3 Å². The number of aromatic nitrogens is 2. The molecule has 1 aromatic heterocycles. The molecule has 0 saturated heterocycles. The summed E-state index contributed by atoms with van der Waals surface area (Å²) < 4.78 is 1.93. The first-order chi connectivity index (χ1) is 10.6. The molecule has 110 valence electrons. The third-order valence-corrected chi connectivity index (χ3v) is 3.48. The number of rotatable bonds is 3. The van der Waals surface area contributed by atoms with Crippen molar-refractivity contribution in [2.24, 2.45) is 12.1 Å². The molecular weight excluding hydrogens is 276 g/mol. The van der Waals surface area contributed by atoms with Crippen LogP contribution >= 0.6 is 0 Å². The lowest BCUT2D eigenvalue weighted by Crippen LogP contribution is -2.17. The van der Waals surface area contributed by atoms with Crippen LogP contribution in [0.1, 0.15) is 21.7 Å². The number of hydrogen-bond acceptors (Lipinski definition) is 3. The number of carbonyl (C=O) groups excluding carboxylic acids is 1. The largest absolute Gasteiger partial charge is 0.326 e. The molecule has 2 aromatic carbocycles. The highest BCUT2D eigenvalue weighted by molar-refractivity contribution is 5.95. The van der Waals surface area contributed by atoms with Gasteiger partial charge in [0.1, 0.15) is 0 Å². The van der Waals surface area contributed by atoms with Gasteiger partial charge in [-0.3, -0.25) is 4.79 Å². The topological polar surface area (TPSA) is 59.3 Å². The number of amides is 1. The van der Waals surface area contributed by atoms with Crippen LogP contribution in [0, 0.1) is 6.92 Å².